The third-order valence-electron chi connectivity index (χ3n) is 1.32. The molecule has 0 saturated carbocycles. The lowest BCUT2D eigenvalue weighted by Crippen LogP contribution is -1.85. The van der Waals surface area contributed by atoms with E-state index in [9.17, 15) is 0 Å². The van der Waals surface area contributed by atoms with Crippen molar-refractivity contribution >= 4 is 16.3 Å². The number of nitrogens with zero attached hydrogens (tertiary/aromatic N) is 2. The molecule has 0 spiro atoms. The average molecular weight is 154 g/mol. The summed E-state index contributed by atoms with van der Waals surface area (Å²) in [5.41, 5.74) is 0. The molecule has 2 aromatic rings. The monoisotopic (exact) mass is 154 g/mol. The minimum atomic E-state index is 0.788. The van der Waals surface area contributed by atoms with E-state index < -0.39 is 0 Å². The predicted molar refractivity (Wildman–Crippen MR) is 39.6 cm³/mol. The van der Waals surface area contributed by atoms with Crippen LogP contribution < -0.4 is 4.74 Å². The second-order valence-corrected chi connectivity index (χ2v) is 2.73. The first-order valence-electron chi connectivity index (χ1n) is 2.86. The van der Waals surface area contributed by atoms with Crippen molar-refractivity contribution in [1.82, 2.24) is 9.38 Å². The van der Waals surface area contributed by atoms with Crippen LogP contribution in [0.1, 0.15) is 0 Å². The van der Waals surface area contributed by atoms with Crippen molar-refractivity contribution in [2.24, 2.45) is 0 Å². The first kappa shape index (κ1) is 5.73. The number of rotatable bonds is 1. The van der Waals surface area contributed by atoms with Crippen molar-refractivity contribution in [2.45, 2.75) is 0 Å². The summed E-state index contributed by atoms with van der Waals surface area (Å²) < 4.78 is 6.94. The van der Waals surface area contributed by atoms with Crippen LogP contribution in [-0.4, -0.2) is 16.5 Å². The third-order valence-corrected chi connectivity index (χ3v) is 2.09. The van der Waals surface area contributed by atoms with Gasteiger partial charge in [-0.25, -0.2) is 4.98 Å². The van der Waals surface area contributed by atoms with Gasteiger partial charge in [0.2, 0.25) is 5.88 Å². The number of hydrogen-bond acceptors (Lipinski definition) is 3. The van der Waals surface area contributed by atoms with E-state index in [2.05, 4.69) is 4.98 Å². The van der Waals surface area contributed by atoms with Gasteiger partial charge < -0.3 is 4.74 Å². The quantitative estimate of drug-likeness (QED) is 0.620. The smallest absolute Gasteiger partial charge is 0.218 e. The topological polar surface area (TPSA) is 26.5 Å². The Morgan fingerprint density at radius 2 is 2.60 bits per heavy atom. The van der Waals surface area contributed by atoms with Crippen LogP contribution in [0.5, 0.6) is 5.88 Å². The molecule has 0 N–H and O–H groups in total. The van der Waals surface area contributed by atoms with Crippen LogP contribution in [-0.2, 0) is 0 Å². The molecule has 0 amide bonds. The molecular weight excluding hydrogens is 148 g/mol. The molecule has 0 atom stereocenters. The molecule has 10 heavy (non-hydrogen) atoms. The molecule has 3 nitrogen and oxygen atoms in total. The summed E-state index contributed by atoms with van der Waals surface area (Å²) >= 11 is 1.60. The van der Waals surface area contributed by atoms with Gasteiger partial charge in [-0.1, -0.05) is 0 Å². The van der Waals surface area contributed by atoms with E-state index in [1.54, 1.807) is 24.6 Å². The first-order chi connectivity index (χ1) is 4.92. The molecule has 0 aliphatic rings. The predicted octanol–water partition coefficient (Wildman–Crippen LogP) is 1.40. The maximum absolute atomic E-state index is 5.03. The van der Waals surface area contributed by atoms with Crippen LogP contribution in [0.3, 0.4) is 0 Å². The number of thiazole rings is 1. The van der Waals surface area contributed by atoms with Crippen LogP contribution in [0, 0.1) is 0 Å². The number of imidazole rings is 1. The zero-order valence-corrected chi connectivity index (χ0v) is 6.26. The Morgan fingerprint density at radius 3 is 3.40 bits per heavy atom. The number of ether oxygens (including phenoxy) is 1. The molecular formula is C6H6N2OS. The van der Waals surface area contributed by atoms with Crippen LogP contribution in [0.25, 0.3) is 4.96 Å². The molecule has 2 rings (SSSR count). The highest BCUT2D eigenvalue weighted by Crippen LogP contribution is 2.17. The fraction of sp³-hybridized carbons (Fsp3) is 0.167. The van der Waals surface area contributed by atoms with E-state index in [-0.39, 0.29) is 0 Å². The lowest BCUT2D eigenvalue weighted by Gasteiger charge is -1.92. The number of methoxy groups -OCH3 is 1. The normalized spacial score (nSPS) is 10.5. The van der Waals surface area contributed by atoms with Crippen molar-refractivity contribution in [3.8, 4) is 5.88 Å². The molecule has 0 bridgehead atoms. The van der Waals surface area contributed by atoms with Gasteiger partial charge >= 0.3 is 0 Å². The zero-order chi connectivity index (χ0) is 6.97. The molecule has 0 aliphatic carbocycles. The van der Waals surface area contributed by atoms with Crippen LogP contribution in [0.15, 0.2) is 17.8 Å². The minimum Gasteiger partial charge on any atom is -0.481 e. The van der Waals surface area contributed by atoms with E-state index >= 15 is 0 Å². The van der Waals surface area contributed by atoms with Gasteiger partial charge in [-0.2, -0.15) is 0 Å². The van der Waals surface area contributed by atoms with Crippen molar-refractivity contribution in [2.75, 3.05) is 7.11 Å². The van der Waals surface area contributed by atoms with E-state index in [1.807, 2.05) is 16.0 Å². The highest BCUT2D eigenvalue weighted by atomic mass is 32.1. The Kier molecular flexibility index (Phi) is 1.14. The molecule has 4 heteroatoms. The fourth-order valence-corrected chi connectivity index (χ4v) is 1.54. The van der Waals surface area contributed by atoms with E-state index in [0.29, 0.717) is 0 Å². The summed E-state index contributed by atoms with van der Waals surface area (Å²) in [4.78, 5) is 5.08. The molecule has 0 fully saturated rings. The second-order valence-electron chi connectivity index (χ2n) is 1.86. The van der Waals surface area contributed by atoms with Crippen molar-refractivity contribution in [1.29, 1.82) is 0 Å². The minimum absolute atomic E-state index is 0.788. The molecule has 0 saturated heterocycles. The highest BCUT2D eigenvalue weighted by molar-refractivity contribution is 7.15. The maximum Gasteiger partial charge on any atom is 0.218 e. The fourth-order valence-electron chi connectivity index (χ4n) is 0.857. The largest absolute Gasteiger partial charge is 0.481 e. The molecule has 2 aromatic heterocycles. The molecule has 0 aliphatic heterocycles. The summed E-state index contributed by atoms with van der Waals surface area (Å²) in [5.74, 6) is 0.788. The maximum atomic E-state index is 5.03. The standard InChI is InChI=1S/C6H6N2OS/c1-9-5-4-7-6-8(5)2-3-10-6/h2-4H,1H3. The van der Waals surface area contributed by atoms with Crippen LogP contribution in [0.2, 0.25) is 0 Å². The van der Waals surface area contributed by atoms with Crippen molar-refractivity contribution in [3.05, 3.63) is 17.8 Å². The Labute approximate surface area is 61.9 Å². The van der Waals surface area contributed by atoms with Gasteiger partial charge in [0, 0.05) is 11.6 Å². The average Bonchev–Trinajstić information content (AvgIpc) is 2.44. The molecule has 0 aromatic carbocycles. The highest BCUT2D eigenvalue weighted by Gasteiger charge is 2.00. The summed E-state index contributed by atoms with van der Waals surface area (Å²) in [6.07, 6.45) is 3.65. The Balaban J connectivity index is 2.76. The van der Waals surface area contributed by atoms with Crippen molar-refractivity contribution < 1.29 is 4.74 Å². The SMILES string of the molecule is COc1cnc2sccn12. The van der Waals surface area contributed by atoms with Gasteiger partial charge in [0.15, 0.2) is 4.96 Å². The Morgan fingerprint density at radius 1 is 1.70 bits per heavy atom. The molecule has 0 unspecified atom stereocenters. The van der Waals surface area contributed by atoms with Gasteiger partial charge in [-0.3, -0.25) is 4.40 Å². The summed E-state index contributed by atoms with van der Waals surface area (Å²) in [6, 6.07) is 0. The number of fused-ring (bicyclic) bond motifs is 1. The van der Waals surface area contributed by atoms with Gasteiger partial charge in [0.1, 0.15) is 0 Å². The lowest BCUT2D eigenvalue weighted by atomic mass is 10.8. The number of aromatic nitrogens is 2. The van der Waals surface area contributed by atoms with E-state index in [0.717, 1.165) is 10.8 Å². The molecule has 0 radical (unpaired) electrons. The van der Waals surface area contributed by atoms with Gasteiger partial charge in [-0.15, -0.1) is 11.3 Å². The van der Waals surface area contributed by atoms with Gasteiger partial charge in [0.25, 0.3) is 0 Å². The van der Waals surface area contributed by atoms with Crippen LogP contribution >= 0.6 is 11.3 Å². The Hall–Kier alpha value is -1.03. The van der Waals surface area contributed by atoms with E-state index in [1.165, 1.54) is 0 Å². The van der Waals surface area contributed by atoms with E-state index in [4.69, 9.17) is 4.74 Å². The second kappa shape index (κ2) is 1.98. The summed E-state index contributed by atoms with van der Waals surface area (Å²) in [6.45, 7) is 0. The Bertz CT molecular complexity index is 338. The molecule has 2 heterocycles. The third kappa shape index (κ3) is 0.623. The summed E-state index contributed by atoms with van der Waals surface area (Å²) in [5, 5.41) is 1.98. The zero-order valence-electron chi connectivity index (χ0n) is 5.44. The molecule has 52 valence electrons. The number of hydrogen-bond donors (Lipinski definition) is 0. The van der Waals surface area contributed by atoms with Gasteiger partial charge in [-0.05, 0) is 0 Å². The van der Waals surface area contributed by atoms with Crippen molar-refractivity contribution in [3.63, 3.8) is 0 Å². The van der Waals surface area contributed by atoms with Gasteiger partial charge in [0.05, 0.1) is 13.3 Å². The first-order valence-corrected chi connectivity index (χ1v) is 3.74. The summed E-state index contributed by atoms with van der Waals surface area (Å²) in [7, 11) is 1.64. The van der Waals surface area contributed by atoms with Crippen LogP contribution in [0.4, 0.5) is 0 Å². The lowest BCUT2D eigenvalue weighted by molar-refractivity contribution is 0.394.